The van der Waals surface area contributed by atoms with Crippen LogP contribution in [0.1, 0.15) is 27.7 Å². The van der Waals surface area contributed by atoms with Gasteiger partial charge in [-0.3, -0.25) is 4.79 Å². The molecule has 0 aliphatic rings. The molecular weight excluding hydrogens is 431 g/mol. The fourth-order valence-electron chi connectivity index (χ4n) is 2.68. The molecule has 30 heavy (non-hydrogen) atoms. The van der Waals surface area contributed by atoms with E-state index in [9.17, 15) is 22.7 Å². The van der Waals surface area contributed by atoms with Crippen molar-refractivity contribution in [3.8, 4) is 5.75 Å². The Bertz CT molecular complexity index is 1160. The number of hydrogen-bond donors (Lipinski definition) is 3. The maximum Gasteiger partial charge on any atom is 0.259 e. The first-order chi connectivity index (χ1) is 14.2. The number of hydrogen-bond acceptors (Lipinski definition) is 7. The molecule has 0 aliphatic carbocycles. The number of carbonyl (C=O) groups is 1. The molecule has 1 aromatic heterocycles. The van der Waals surface area contributed by atoms with Crippen LogP contribution in [0, 0.1) is 5.82 Å². The van der Waals surface area contributed by atoms with Crippen molar-refractivity contribution >= 4 is 32.1 Å². The Labute approximate surface area is 176 Å². The second-order valence-corrected chi connectivity index (χ2v) is 9.60. The minimum atomic E-state index is -3.79. The fourth-order valence-corrected chi connectivity index (χ4v) is 5.52. The molecule has 3 aromatic rings. The second kappa shape index (κ2) is 8.92. The van der Waals surface area contributed by atoms with Gasteiger partial charge in [0.15, 0.2) is 9.84 Å². The number of ether oxygens (including phenoxy) is 1. The maximum absolute atomic E-state index is 13.9. The first kappa shape index (κ1) is 21.9. The predicted molar refractivity (Wildman–Crippen MR) is 112 cm³/mol. The number of nitrogens with one attached hydrogen (secondary N) is 1. The van der Waals surface area contributed by atoms with Crippen LogP contribution >= 0.6 is 11.3 Å². The van der Waals surface area contributed by atoms with E-state index in [0.717, 1.165) is 17.4 Å². The zero-order valence-corrected chi connectivity index (χ0v) is 17.5. The summed E-state index contributed by atoms with van der Waals surface area (Å²) in [7, 11) is -2.28. The molecule has 0 bridgehead atoms. The van der Waals surface area contributed by atoms with Gasteiger partial charge >= 0.3 is 0 Å². The SMILES string of the molecule is COc1ccc(CS(=O)(=O)c2cc(C(N)O)c(NC(=O)c3ccccc3F)s2)cc1. The number of halogens is 1. The van der Waals surface area contributed by atoms with E-state index >= 15 is 0 Å². The lowest BCUT2D eigenvalue weighted by Crippen LogP contribution is -2.16. The summed E-state index contributed by atoms with van der Waals surface area (Å²) in [5, 5.41) is 12.3. The van der Waals surface area contributed by atoms with Gasteiger partial charge in [0, 0.05) is 5.56 Å². The molecule has 1 unspecified atom stereocenters. The van der Waals surface area contributed by atoms with Crippen molar-refractivity contribution in [2.75, 3.05) is 12.4 Å². The lowest BCUT2D eigenvalue weighted by molar-refractivity contribution is 0.102. The van der Waals surface area contributed by atoms with Gasteiger partial charge in [-0.2, -0.15) is 0 Å². The Morgan fingerprint density at radius 3 is 2.50 bits per heavy atom. The predicted octanol–water partition coefficient (Wildman–Crippen LogP) is 3.07. The van der Waals surface area contributed by atoms with Crippen LogP contribution in [0.3, 0.4) is 0 Å². The summed E-state index contributed by atoms with van der Waals surface area (Å²) >= 11 is 0.743. The third kappa shape index (κ3) is 4.85. The Hall–Kier alpha value is -2.79. The average Bonchev–Trinajstić information content (AvgIpc) is 3.13. The van der Waals surface area contributed by atoms with E-state index in [4.69, 9.17) is 10.5 Å². The zero-order chi connectivity index (χ0) is 21.9. The smallest absolute Gasteiger partial charge is 0.259 e. The monoisotopic (exact) mass is 450 g/mol. The van der Waals surface area contributed by atoms with Crippen molar-refractivity contribution in [1.82, 2.24) is 0 Å². The first-order valence-electron chi connectivity index (χ1n) is 8.70. The van der Waals surface area contributed by atoms with Crippen molar-refractivity contribution in [2.45, 2.75) is 16.2 Å². The van der Waals surface area contributed by atoms with Gasteiger partial charge in [0.25, 0.3) is 5.91 Å². The van der Waals surface area contributed by atoms with Gasteiger partial charge in [-0.1, -0.05) is 24.3 Å². The number of aliphatic hydroxyl groups excluding tert-OH is 1. The van der Waals surface area contributed by atoms with Gasteiger partial charge in [0.2, 0.25) is 0 Å². The summed E-state index contributed by atoms with van der Waals surface area (Å²) in [6.45, 7) is 0. The lowest BCUT2D eigenvalue weighted by atomic mass is 10.2. The number of methoxy groups -OCH3 is 1. The second-order valence-electron chi connectivity index (χ2n) is 6.34. The van der Waals surface area contributed by atoms with Gasteiger partial charge in [-0.25, -0.2) is 12.8 Å². The summed E-state index contributed by atoms with van der Waals surface area (Å²) < 4.78 is 44.5. The number of anilines is 1. The highest BCUT2D eigenvalue weighted by atomic mass is 32.2. The molecule has 7 nitrogen and oxygen atoms in total. The van der Waals surface area contributed by atoms with Crippen LogP contribution in [-0.4, -0.2) is 26.5 Å². The standard InChI is InChI=1S/C20H19FN2O5S2/c1-28-13-8-6-12(7-9-13)11-30(26,27)17-10-15(18(22)24)20(29-17)23-19(25)14-4-2-3-5-16(14)21/h2-10,18,24H,11,22H2,1H3,(H,23,25). The molecule has 0 fully saturated rings. The van der Waals surface area contributed by atoms with E-state index in [1.807, 2.05) is 0 Å². The number of amides is 1. The van der Waals surface area contributed by atoms with Crippen molar-refractivity contribution in [2.24, 2.45) is 5.73 Å². The molecule has 10 heteroatoms. The number of benzene rings is 2. The van der Waals surface area contributed by atoms with Crippen molar-refractivity contribution in [1.29, 1.82) is 0 Å². The van der Waals surface area contributed by atoms with Crippen LogP contribution in [-0.2, 0) is 15.6 Å². The minimum Gasteiger partial charge on any atom is -0.497 e. The molecule has 1 heterocycles. The zero-order valence-electron chi connectivity index (χ0n) is 15.8. The Morgan fingerprint density at radius 2 is 1.90 bits per heavy atom. The minimum absolute atomic E-state index is 0.0259. The fraction of sp³-hybridized carbons (Fsp3) is 0.150. The van der Waals surface area contributed by atoms with Gasteiger partial charge in [-0.15, -0.1) is 11.3 Å². The average molecular weight is 451 g/mol. The lowest BCUT2D eigenvalue weighted by Gasteiger charge is -2.08. The van der Waals surface area contributed by atoms with E-state index in [2.05, 4.69) is 5.32 Å². The Balaban J connectivity index is 1.89. The Morgan fingerprint density at radius 1 is 1.23 bits per heavy atom. The van der Waals surface area contributed by atoms with E-state index in [1.165, 1.54) is 31.4 Å². The molecule has 0 spiro atoms. The number of nitrogens with two attached hydrogens (primary N) is 1. The molecule has 0 saturated carbocycles. The highest BCUT2D eigenvalue weighted by molar-refractivity contribution is 7.92. The maximum atomic E-state index is 13.9. The summed E-state index contributed by atoms with van der Waals surface area (Å²) in [6, 6.07) is 13.1. The van der Waals surface area contributed by atoms with Crippen LogP contribution in [0.4, 0.5) is 9.39 Å². The number of aliphatic hydroxyl groups is 1. The molecule has 0 radical (unpaired) electrons. The van der Waals surface area contributed by atoms with E-state index < -0.39 is 27.8 Å². The summed E-state index contributed by atoms with van der Waals surface area (Å²) in [5.74, 6) is -1.21. The molecular formula is C20H19FN2O5S2. The Kier molecular flexibility index (Phi) is 6.52. The third-order valence-corrected chi connectivity index (χ3v) is 7.54. The van der Waals surface area contributed by atoms with E-state index in [1.54, 1.807) is 24.3 Å². The van der Waals surface area contributed by atoms with Gasteiger partial charge in [-0.05, 0) is 35.9 Å². The molecule has 0 saturated heterocycles. The van der Waals surface area contributed by atoms with Gasteiger partial charge in [0.05, 0.1) is 18.4 Å². The van der Waals surface area contributed by atoms with Crippen LogP contribution in [0.15, 0.2) is 58.8 Å². The molecule has 4 N–H and O–H groups in total. The number of rotatable bonds is 7. The highest BCUT2D eigenvalue weighted by Gasteiger charge is 2.24. The quantitative estimate of drug-likeness (QED) is 0.476. The van der Waals surface area contributed by atoms with E-state index in [-0.39, 0.29) is 26.1 Å². The number of sulfone groups is 1. The topological polar surface area (TPSA) is 119 Å². The molecule has 158 valence electrons. The molecule has 2 aromatic carbocycles. The molecule has 1 atom stereocenters. The summed E-state index contributed by atoms with van der Waals surface area (Å²) in [6.07, 6.45) is -1.53. The van der Waals surface area contributed by atoms with Gasteiger partial charge < -0.3 is 20.9 Å². The molecule has 1 amide bonds. The molecule has 3 rings (SSSR count). The van der Waals surface area contributed by atoms with Crippen molar-refractivity contribution < 1.29 is 27.4 Å². The first-order valence-corrected chi connectivity index (χ1v) is 11.2. The normalized spacial score (nSPS) is 12.4. The highest BCUT2D eigenvalue weighted by Crippen LogP contribution is 2.36. The number of carbonyl (C=O) groups excluding carboxylic acids is 1. The van der Waals surface area contributed by atoms with Crippen molar-refractivity contribution in [3.05, 3.63) is 77.1 Å². The largest absolute Gasteiger partial charge is 0.497 e. The summed E-state index contributed by atoms with van der Waals surface area (Å²) in [4.78, 5) is 12.4. The van der Waals surface area contributed by atoms with Crippen LogP contribution < -0.4 is 15.8 Å². The van der Waals surface area contributed by atoms with E-state index in [0.29, 0.717) is 11.3 Å². The van der Waals surface area contributed by atoms with Crippen LogP contribution in [0.5, 0.6) is 5.75 Å². The van der Waals surface area contributed by atoms with Crippen LogP contribution in [0.25, 0.3) is 0 Å². The number of thiophene rings is 1. The van der Waals surface area contributed by atoms with Crippen molar-refractivity contribution in [3.63, 3.8) is 0 Å². The van der Waals surface area contributed by atoms with Crippen LogP contribution in [0.2, 0.25) is 0 Å². The van der Waals surface area contributed by atoms with Gasteiger partial charge in [0.1, 0.15) is 27.0 Å². The third-order valence-electron chi connectivity index (χ3n) is 4.22. The summed E-state index contributed by atoms with van der Waals surface area (Å²) in [5.41, 5.74) is 5.88. The molecule has 0 aliphatic heterocycles.